The summed E-state index contributed by atoms with van der Waals surface area (Å²) in [5, 5.41) is 21.7. The van der Waals surface area contributed by atoms with Crippen LogP contribution in [0.4, 0.5) is 11.4 Å². The number of aromatic nitrogens is 4. The van der Waals surface area contributed by atoms with E-state index in [0.29, 0.717) is 57.2 Å². The maximum atomic E-state index is 11.1. The Morgan fingerprint density at radius 1 is 0.829 bits per heavy atom. The second-order valence-corrected chi connectivity index (χ2v) is 9.17. The van der Waals surface area contributed by atoms with E-state index in [4.69, 9.17) is 9.47 Å². The number of pyridine rings is 2. The van der Waals surface area contributed by atoms with Gasteiger partial charge in [0.15, 0.2) is 5.52 Å². The van der Waals surface area contributed by atoms with Gasteiger partial charge in [-0.05, 0) is 58.3 Å². The zero-order valence-electron chi connectivity index (χ0n) is 22.3. The molecule has 0 bridgehead atoms. The van der Waals surface area contributed by atoms with E-state index in [1.807, 2.05) is 67.0 Å². The number of non-ortho nitro benzene ring substituents is 1. The van der Waals surface area contributed by atoms with E-state index >= 15 is 0 Å². The van der Waals surface area contributed by atoms with Crippen LogP contribution in [0.3, 0.4) is 0 Å². The van der Waals surface area contributed by atoms with E-state index < -0.39 is 4.92 Å². The zero-order chi connectivity index (χ0) is 28.3. The van der Waals surface area contributed by atoms with E-state index in [1.54, 1.807) is 6.07 Å². The van der Waals surface area contributed by atoms with Crippen molar-refractivity contribution in [3.63, 3.8) is 0 Å². The first kappa shape index (κ1) is 27.6. The average molecular weight is 556 g/mol. The molecule has 210 valence electrons. The molecule has 0 atom stereocenters. The summed E-state index contributed by atoms with van der Waals surface area (Å²) in [7, 11) is 0. The molecule has 0 fully saturated rings. The van der Waals surface area contributed by atoms with Gasteiger partial charge >= 0.3 is 5.69 Å². The lowest BCUT2D eigenvalue weighted by atomic mass is 10.2. The number of nitro groups is 1. The van der Waals surface area contributed by atoms with E-state index in [2.05, 4.69) is 41.2 Å². The molecule has 0 unspecified atom stereocenters. The molecule has 0 aliphatic rings. The standard InChI is InChI=1S/C29H29N7O5/c37-36(38)27-11-10-26(28-29(27)34-41-33-28)32-14-15-39-16-17-40-25-9-5-6-22(18-25)19-35(20-23-7-1-3-12-30-23)21-24-8-2-4-13-31-24/h1-13,18,32H,14-17,19-21H2. The number of fused-ring (bicyclic) bond motifs is 1. The van der Waals surface area contributed by atoms with Gasteiger partial charge in [-0.3, -0.25) is 25.0 Å². The van der Waals surface area contributed by atoms with E-state index in [-0.39, 0.29) is 11.2 Å². The Hall–Kier alpha value is -4.94. The van der Waals surface area contributed by atoms with Crippen LogP contribution < -0.4 is 10.1 Å². The number of nitro benzene ring substituents is 1. The van der Waals surface area contributed by atoms with Gasteiger partial charge in [0, 0.05) is 44.6 Å². The molecule has 1 N–H and O–H groups in total. The first-order valence-electron chi connectivity index (χ1n) is 13.1. The van der Waals surface area contributed by atoms with Gasteiger partial charge in [0.25, 0.3) is 0 Å². The van der Waals surface area contributed by atoms with Gasteiger partial charge in [0.2, 0.25) is 5.52 Å². The summed E-state index contributed by atoms with van der Waals surface area (Å²) in [5.74, 6) is 0.770. The smallest absolute Gasteiger partial charge is 0.300 e. The molecule has 5 aromatic rings. The molecule has 2 aromatic carbocycles. The van der Waals surface area contributed by atoms with Crippen molar-refractivity contribution in [3.8, 4) is 5.75 Å². The van der Waals surface area contributed by atoms with Gasteiger partial charge < -0.3 is 14.8 Å². The summed E-state index contributed by atoms with van der Waals surface area (Å²) in [4.78, 5) is 21.9. The van der Waals surface area contributed by atoms with Gasteiger partial charge in [0.05, 0.1) is 35.2 Å². The highest BCUT2D eigenvalue weighted by atomic mass is 16.6. The van der Waals surface area contributed by atoms with Crippen molar-refractivity contribution in [3.05, 3.63) is 112 Å². The Kier molecular flexibility index (Phi) is 9.38. The number of nitrogens with zero attached hydrogens (tertiary/aromatic N) is 6. The van der Waals surface area contributed by atoms with Gasteiger partial charge in [-0.2, -0.15) is 0 Å². The minimum atomic E-state index is -0.518. The Balaban J connectivity index is 1.08. The molecule has 0 aliphatic carbocycles. The van der Waals surface area contributed by atoms with E-state index in [0.717, 1.165) is 22.7 Å². The summed E-state index contributed by atoms with van der Waals surface area (Å²) in [6.07, 6.45) is 3.62. The minimum absolute atomic E-state index is 0.105. The fraction of sp³-hybridized carbons (Fsp3) is 0.241. The van der Waals surface area contributed by atoms with Crippen molar-refractivity contribution in [2.45, 2.75) is 19.6 Å². The van der Waals surface area contributed by atoms with Gasteiger partial charge in [0.1, 0.15) is 12.4 Å². The normalized spacial score (nSPS) is 11.1. The van der Waals surface area contributed by atoms with Crippen LogP contribution in [0.1, 0.15) is 17.0 Å². The Labute approximate surface area is 236 Å². The van der Waals surface area contributed by atoms with Crippen LogP contribution in [0, 0.1) is 10.1 Å². The molecular weight excluding hydrogens is 526 g/mol. The first-order valence-corrected chi connectivity index (χ1v) is 13.1. The lowest BCUT2D eigenvalue weighted by Crippen LogP contribution is -2.23. The van der Waals surface area contributed by atoms with Gasteiger partial charge in [-0.1, -0.05) is 24.3 Å². The summed E-state index contributed by atoms with van der Waals surface area (Å²) in [6.45, 7) is 3.78. The van der Waals surface area contributed by atoms with Crippen LogP contribution >= 0.6 is 0 Å². The zero-order valence-corrected chi connectivity index (χ0v) is 22.3. The highest BCUT2D eigenvalue weighted by molar-refractivity contribution is 5.93. The fourth-order valence-electron chi connectivity index (χ4n) is 4.32. The second-order valence-electron chi connectivity index (χ2n) is 9.17. The highest BCUT2D eigenvalue weighted by Gasteiger charge is 2.19. The molecule has 5 rings (SSSR count). The molecule has 0 radical (unpaired) electrons. The molecule has 3 heterocycles. The van der Waals surface area contributed by atoms with Crippen molar-refractivity contribution < 1.29 is 19.0 Å². The number of hydrogen-bond donors (Lipinski definition) is 1. The third-order valence-corrected chi connectivity index (χ3v) is 6.18. The van der Waals surface area contributed by atoms with Gasteiger partial charge in [-0.25, -0.2) is 4.63 Å². The second kappa shape index (κ2) is 13.9. The molecule has 12 nitrogen and oxygen atoms in total. The molecule has 0 spiro atoms. The minimum Gasteiger partial charge on any atom is -0.491 e. The van der Waals surface area contributed by atoms with E-state index in [1.165, 1.54) is 6.07 Å². The summed E-state index contributed by atoms with van der Waals surface area (Å²) in [5.41, 5.74) is 3.96. The molecule has 0 saturated carbocycles. The third-order valence-electron chi connectivity index (χ3n) is 6.18. The Bertz CT molecular complexity index is 1510. The molecule has 41 heavy (non-hydrogen) atoms. The quantitative estimate of drug-likeness (QED) is 0.110. The lowest BCUT2D eigenvalue weighted by Gasteiger charge is -2.22. The van der Waals surface area contributed by atoms with Crippen molar-refractivity contribution in [1.82, 2.24) is 25.2 Å². The predicted octanol–water partition coefficient (Wildman–Crippen LogP) is 4.63. The molecule has 3 aromatic heterocycles. The van der Waals surface area contributed by atoms with E-state index in [9.17, 15) is 10.1 Å². The fourth-order valence-corrected chi connectivity index (χ4v) is 4.32. The van der Waals surface area contributed by atoms with Crippen molar-refractivity contribution in [2.24, 2.45) is 0 Å². The number of rotatable bonds is 15. The lowest BCUT2D eigenvalue weighted by molar-refractivity contribution is -0.383. The molecule has 0 amide bonds. The summed E-state index contributed by atoms with van der Waals surface area (Å²) >= 11 is 0. The van der Waals surface area contributed by atoms with Gasteiger partial charge in [-0.15, -0.1) is 0 Å². The van der Waals surface area contributed by atoms with Crippen LogP contribution in [-0.4, -0.2) is 56.5 Å². The third kappa shape index (κ3) is 7.81. The first-order chi connectivity index (χ1) is 20.2. The molecule has 0 saturated heterocycles. The summed E-state index contributed by atoms with van der Waals surface area (Å²) < 4.78 is 16.3. The largest absolute Gasteiger partial charge is 0.491 e. The number of ether oxygens (including phenoxy) is 2. The van der Waals surface area contributed by atoms with Crippen LogP contribution in [-0.2, 0) is 24.4 Å². The van der Waals surface area contributed by atoms with Crippen LogP contribution in [0.15, 0.2) is 89.8 Å². The predicted molar refractivity (Wildman–Crippen MR) is 151 cm³/mol. The number of hydrogen-bond acceptors (Lipinski definition) is 11. The maximum Gasteiger partial charge on any atom is 0.300 e. The number of anilines is 1. The molecular formula is C29H29N7O5. The van der Waals surface area contributed by atoms with Crippen molar-refractivity contribution >= 4 is 22.4 Å². The summed E-state index contributed by atoms with van der Waals surface area (Å²) in [6, 6.07) is 22.9. The van der Waals surface area contributed by atoms with Crippen molar-refractivity contribution in [2.75, 3.05) is 31.7 Å². The maximum absolute atomic E-state index is 11.1. The Morgan fingerprint density at radius 3 is 2.29 bits per heavy atom. The Morgan fingerprint density at radius 2 is 1.59 bits per heavy atom. The highest BCUT2D eigenvalue weighted by Crippen LogP contribution is 2.28. The van der Waals surface area contributed by atoms with Crippen LogP contribution in [0.5, 0.6) is 5.75 Å². The topological polar surface area (TPSA) is 142 Å². The van der Waals surface area contributed by atoms with Crippen LogP contribution in [0.25, 0.3) is 11.0 Å². The van der Waals surface area contributed by atoms with Crippen molar-refractivity contribution in [1.29, 1.82) is 0 Å². The monoisotopic (exact) mass is 555 g/mol. The number of nitrogens with one attached hydrogen (secondary N) is 1. The average Bonchev–Trinajstić information content (AvgIpc) is 3.48. The molecule has 0 aliphatic heterocycles. The van der Waals surface area contributed by atoms with Crippen LogP contribution in [0.2, 0.25) is 0 Å². The molecule has 12 heteroatoms. The SMILES string of the molecule is O=[N+]([O-])c1ccc(NCCOCCOc2cccc(CN(Cc3ccccn3)Cc3ccccn3)c2)c2nonc12. The number of benzene rings is 2.